The maximum Gasteiger partial charge on any atom is 0.0853 e. The van der Waals surface area contributed by atoms with Gasteiger partial charge in [0.15, 0.2) is 0 Å². The Labute approximate surface area is 72.8 Å². The van der Waals surface area contributed by atoms with Gasteiger partial charge in [-0.2, -0.15) is 5.10 Å². The van der Waals surface area contributed by atoms with Crippen LogP contribution in [0.4, 0.5) is 5.69 Å². The molecule has 1 fully saturated rings. The van der Waals surface area contributed by atoms with E-state index >= 15 is 0 Å². The molecule has 1 aromatic rings. The van der Waals surface area contributed by atoms with E-state index in [0.717, 1.165) is 12.5 Å². The molecule has 0 bridgehead atoms. The predicted octanol–water partition coefficient (Wildman–Crippen LogP) is 1.56. The molecule has 0 radical (unpaired) electrons. The molecule has 0 atom stereocenters. The SMILES string of the molecule is CCc1nn(C)cc1NC1CC1. The van der Waals surface area contributed by atoms with Crippen molar-refractivity contribution < 1.29 is 0 Å². The molecule has 0 amide bonds. The maximum atomic E-state index is 4.36. The minimum absolute atomic E-state index is 0.722. The second-order valence-electron chi connectivity index (χ2n) is 3.44. The number of aromatic nitrogens is 2. The summed E-state index contributed by atoms with van der Waals surface area (Å²) in [6.07, 6.45) is 5.71. The summed E-state index contributed by atoms with van der Waals surface area (Å²) >= 11 is 0. The third-order valence-electron chi connectivity index (χ3n) is 2.18. The van der Waals surface area contributed by atoms with E-state index in [1.54, 1.807) is 0 Å². The fourth-order valence-electron chi connectivity index (χ4n) is 1.36. The second kappa shape index (κ2) is 2.81. The summed E-state index contributed by atoms with van der Waals surface area (Å²) in [7, 11) is 1.97. The molecule has 0 unspecified atom stereocenters. The highest BCUT2D eigenvalue weighted by atomic mass is 15.3. The van der Waals surface area contributed by atoms with Crippen LogP contribution in [0.15, 0.2) is 6.20 Å². The van der Waals surface area contributed by atoms with Crippen LogP contribution in [0.3, 0.4) is 0 Å². The molecule has 0 aliphatic heterocycles. The second-order valence-corrected chi connectivity index (χ2v) is 3.44. The lowest BCUT2D eigenvalue weighted by atomic mass is 10.3. The summed E-state index contributed by atoms with van der Waals surface area (Å²) in [6, 6.07) is 0.722. The van der Waals surface area contributed by atoms with Crippen LogP contribution in [-0.2, 0) is 13.5 Å². The Bertz CT molecular complexity index is 273. The fraction of sp³-hybridized carbons (Fsp3) is 0.667. The molecule has 66 valence electrons. The molecule has 1 heterocycles. The summed E-state index contributed by atoms with van der Waals surface area (Å²) in [4.78, 5) is 0. The van der Waals surface area contributed by atoms with Gasteiger partial charge in [-0.25, -0.2) is 0 Å². The summed E-state index contributed by atoms with van der Waals surface area (Å²) in [5.74, 6) is 0. The molecule has 1 saturated carbocycles. The average Bonchev–Trinajstić information content (AvgIpc) is 2.76. The number of anilines is 1. The van der Waals surface area contributed by atoms with Gasteiger partial charge in [0.25, 0.3) is 0 Å². The maximum absolute atomic E-state index is 4.36. The van der Waals surface area contributed by atoms with Crippen molar-refractivity contribution in [1.82, 2.24) is 9.78 Å². The third-order valence-corrected chi connectivity index (χ3v) is 2.18. The van der Waals surface area contributed by atoms with Crippen LogP contribution in [0.25, 0.3) is 0 Å². The largest absolute Gasteiger partial charge is 0.380 e. The predicted molar refractivity (Wildman–Crippen MR) is 49.2 cm³/mol. The molecule has 3 heteroatoms. The Hall–Kier alpha value is -0.990. The number of nitrogens with one attached hydrogen (secondary N) is 1. The first-order chi connectivity index (χ1) is 5.79. The summed E-state index contributed by atoms with van der Waals surface area (Å²) in [5, 5.41) is 7.84. The van der Waals surface area contributed by atoms with Crippen molar-refractivity contribution in [1.29, 1.82) is 0 Å². The van der Waals surface area contributed by atoms with Gasteiger partial charge in [0, 0.05) is 19.3 Å². The van der Waals surface area contributed by atoms with E-state index in [9.17, 15) is 0 Å². The molecule has 0 saturated heterocycles. The van der Waals surface area contributed by atoms with Crippen LogP contribution in [-0.4, -0.2) is 15.8 Å². The smallest absolute Gasteiger partial charge is 0.0853 e. The highest BCUT2D eigenvalue weighted by Gasteiger charge is 2.22. The van der Waals surface area contributed by atoms with Gasteiger partial charge in [0.2, 0.25) is 0 Å². The highest BCUT2D eigenvalue weighted by Crippen LogP contribution is 2.26. The lowest BCUT2D eigenvalue weighted by Gasteiger charge is -2.01. The molecule has 2 rings (SSSR count). The summed E-state index contributed by atoms with van der Waals surface area (Å²) in [6.45, 7) is 2.14. The first kappa shape index (κ1) is 7.65. The third kappa shape index (κ3) is 1.44. The number of aryl methyl sites for hydroxylation is 2. The molecule has 1 aliphatic rings. The van der Waals surface area contributed by atoms with Crippen molar-refractivity contribution in [3.63, 3.8) is 0 Å². The van der Waals surface area contributed by atoms with E-state index in [2.05, 4.69) is 23.5 Å². The van der Waals surface area contributed by atoms with Gasteiger partial charge in [-0.15, -0.1) is 0 Å². The van der Waals surface area contributed by atoms with Crippen LogP contribution in [0.5, 0.6) is 0 Å². The van der Waals surface area contributed by atoms with E-state index < -0.39 is 0 Å². The quantitative estimate of drug-likeness (QED) is 0.736. The van der Waals surface area contributed by atoms with Gasteiger partial charge < -0.3 is 5.32 Å². The standard InChI is InChI=1S/C9H15N3/c1-3-8-9(6-12(2)11-8)10-7-4-5-7/h6-7,10H,3-5H2,1-2H3. The van der Waals surface area contributed by atoms with E-state index in [1.165, 1.54) is 24.2 Å². The first-order valence-corrected chi connectivity index (χ1v) is 4.58. The zero-order valence-electron chi connectivity index (χ0n) is 7.67. The van der Waals surface area contributed by atoms with E-state index in [0.29, 0.717) is 0 Å². The van der Waals surface area contributed by atoms with Crippen molar-refractivity contribution in [3.05, 3.63) is 11.9 Å². The zero-order valence-corrected chi connectivity index (χ0v) is 7.67. The van der Waals surface area contributed by atoms with Crippen molar-refractivity contribution in [2.24, 2.45) is 7.05 Å². The van der Waals surface area contributed by atoms with E-state index in [-0.39, 0.29) is 0 Å². The topological polar surface area (TPSA) is 29.9 Å². The van der Waals surface area contributed by atoms with Crippen LogP contribution in [0, 0.1) is 0 Å². The Morgan fingerprint density at radius 2 is 2.42 bits per heavy atom. The van der Waals surface area contributed by atoms with Crippen molar-refractivity contribution in [2.45, 2.75) is 32.2 Å². The Morgan fingerprint density at radius 1 is 1.67 bits per heavy atom. The molecule has 1 aromatic heterocycles. The minimum atomic E-state index is 0.722. The van der Waals surface area contributed by atoms with Gasteiger partial charge >= 0.3 is 0 Å². The van der Waals surface area contributed by atoms with Gasteiger partial charge in [0.05, 0.1) is 11.4 Å². The zero-order chi connectivity index (χ0) is 8.55. The minimum Gasteiger partial charge on any atom is -0.380 e. The highest BCUT2D eigenvalue weighted by molar-refractivity contribution is 5.48. The molecule has 1 N–H and O–H groups in total. The number of rotatable bonds is 3. The molecule has 0 aromatic carbocycles. The monoisotopic (exact) mass is 165 g/mol. The molecule has 1 aliphatic carbocycles. The van der Waals surface area contributed by atoms with Crippen LogP contribution in [0.1, 0.15) is 25.5 Å². The lowest BCUT2D eigenvalue weighted by molar-refractivity contribution is 0.746. The van der Waals surface area contributed by atoms with Crippen LogP contribution >= 0.6 is 0 Å². The molecule has 12 heavy (non-hydrogen) atoms. The first-order valence-electron chi connectivity index (χ1n) is 4.58. The van der Waals surface area contributed by atoms with Crippen molar-refractivity contribution in [3.8, 4) is 0 Å². The molecular weight excluding hydrogens is 150 g/mol. The summed E-state index contributed by atoms with van der Waals surface area (Å²) in [5.41, 5.74) is 2.41. The van der Waals surface area contributed by atoms with Crippen LogP contribution in [0.2, 0.25) is 0 Å². The van der Waals surface area contributed by atoms with Crippen molar-refractivity contribution in [2.75, 3.05) is 5.32 Å². The average molecular weight is 165 g/mol. The molecular formula is C9H15N3. The number of nitrogens with zero attached hydrogens (tertiary/aromatic N) is 2. The van der Waals surface area contributed by atoms with E-state index in [4.69, 9.17) is 0 Å². The fourth-order valence-corrected chi connectivity index (χ4v) is 1.36. The number of hydrogen-bond donors (Lipinski definition) is 1. The Kier molecular flexibility index (Phi) is 1.79. The Balaban J connectivity index is 2.15. The molecule has 0 spiro atoms. The summed E-state index contributed by atoms with van der Waals surface area (Å²) < 4.78 is 1.88. The van der Waals surface area contributed by atoms with E-state index in [1.807, 2.05) is 11.7 Å². The molecule has 3 nitrogen and oxygen atoms in total. The number of hydrogen-bond acceptors (Lipinski definition) is 2. The Morgan fingerprint density at radius 3 is 3.00 bits per heavy atom. The van der Waals surface area contributed by atoms with Gasteiger partial charge in [-0.1, -0.05) is 6.92 Å². The normalized spacial score (nSPS) is 16.5. The van der Waals surface area contributed by atoms with Crippen molar-refractivity contribution >= 4 is 5.69 Å². The van der Waals surface area contributed by atoms with Gasteiger partial charge in [-0.05, 0) is 19.3 Å². The van der Waals surface area contributed by atoms with Crippen LogP contribution < -0.4 is 5.32 Å². The lowest BCUT2D eigenvalue weighted by Crippen LogP contribution is -2.01. The van der Waals surface area contributed by atoms with Gasteiger partial charge in [0.1, 0.15) is 0 Å². The van der Waals surface area contributed by atoms with Gasteiger partial charge in [-0.3, -0.25) is 4.68 Å².